The van der Waals surface area contributed by atoms with Crippen molar-refractivity contribution in [2.75, 3.05) is 19.3 Å². The SMILES string of the molecule is CCSC(=N)NC(=O)N(C)CC. The van der Waals surface area contributed by atoms with Crippen LogP contribution in [0.25, 0.3) is 0 Å². The molecule has 0 rings (SSSR count). The molecule has 0 saturated carbocycles. The first-order chi connectivity index (χ1) is 5.61. The number of nitrogens with one attached hydrogen (secondary N) is 2. The molecule has 12 heavy (non-hydrogen) atoms. The Morgan fingerprint density at radius 1 is 1.58 bits per heavy atom. The Morgan fingerprint density at radius 3 is 2.58 bits per heavy atom. The summed E-state index contributed by atoms with van der Waals surface area (Å²) in [5.74, 6) is 0.801. The zero-order valence-corrected chi connectivity index (χ0v) is 8.49. The minimum atomic E-state index is -0.219. The maximum absolute atomic E-state index is 11.1. The van der Waals surface area contributed by atoms with E-state index >= 15 is 0 Å². The summed E-state index contributed by atoms with van der Waals surface area (Å²) in [7, 11) is 1.69. The molecule has 0 aliphatic rings. The Balaban J connectivity index is 3.76. The van der Waals surface area contributed by atoms with Crippen LogP contribution >= 0.6 is 11.8 Å². The van der Waals surface area contributed by atoms with Gasteiger partial charge in [0.1, 0.15) is 0 Å². The molecule has 0 bridgehead atoms. The van der Waals surface area contributed by atoms with E-state index in [1.807, 2.05) is 13.8 Å². The number of nitrogens with zero attached hydrogens (tertiary/aromatic N) is 1. The molecule has 0 radical (unpaired) electrons. The molecule has 0 aliphatic carbocycles. The van der Waals surface area contributed by atoms with Gasteiger partial charge in [-0.1, -0.05) is 18.7 Å². The van der Waals surface area contributed by atoms with Gasteiger partial charge in [-0.2, -0.15) is 0 Å². The number of carbonyl (C=O) groups excluding carboxylic acids is 1. The van der Waals surface area contributed by atoms with Gasteiger partial charge in [-0.05, 0) is 12.7 Å². The number of carbonyl (C=O) groups is 1. The highest BCUT2D eigenvalue weighted by atomic mass is 32.2. The summed E-state index contributed by atoms with van der Waals surface area (Å²) in [5.41, 5.74) is 0. The highest BCUT2D eigenvalue weighted by Gasteiger charge is 2.07. The molecule has 0 aromatic rings. The Hall–Kier alpha value is -0.710. The van der Waals surface area contributed by atoms with E-state index < -0.39 is 0 Å². The molecule has 0 aromatic carbocycles. The molecule has 0 heterocycles. The molecule has 2 N–H and O–H groups in total. The van der Waals surface area contributed by atoms with Gasteiger partial charge in [0.25, 0.3) is 0 Å². The molecular formula is C7H15N3OS. The Kier molecular flexibility index (Phi) is 5.53. The van der Waals surface area contributed by atoms with E-state index in [-0.39, 0.29) is 11.2 Å². The Morgan fingerprint density at radius 2 is 2.17 bits per heavy atom. The minimum Gasteiger partial charge on any atom is -0.328 e. The van der Waals surface area contributed by atoms with Gasteiger partial charge < -0.3 is 4.90 Å². The molecule has 0 aliphatic heterocycles. The Labute approximate surface area is 77.2 Å². The average Bonchev–Trinajstić information content (AvgIpc) is 2.03. The quantitative estimate of drug-likeness (QED) is 0.508. The lowest BCUT2D eigenvalue weighted by Crippen LogP contribution is -2.39. The predicted molar refractivity (Wildman–Crippen MR) is 52.7 cm³/mol. The summed E-state index contributed by atoms with van der Waals surface area (Å²) in [6.07, 6.45) is 0. The molecule has 4 nitrogen and oxygen atoms in total. The fourth-order valence-corrected chi connectivity index (χ4v) is 0.965. The lowest BCUT2D eigenvalue weighted by Gasteiger charge is -2.14. The van der Waals surface area contributed by atoms with Crippen molar-refractivity contribution in [3.8, 4) is 0 Å². The van der Waals surface area contributed by atoms with Crippen molar-refractivity contribution in [1.82, 2.24) is 10.2 Å². The number of urea groups is 1. The van der Waals surface area contributed by atoms with Crippen LogP contribution < -0.4 is 5.32 Å². The standard InChI is InChI=1S/C7H15N3OS/c1-4-10(3)7(11)9-6(8)12-5-2/h4-5H2,1-3H3,(H2,8,9,11). The molecule has 0 saturated heterocycles. The summed E-state index contributed by atoms with van der Waals surface area (Å²) in [5, 5.41) is 9.97. The van der Waals surface area contributed by atoms with Crippen LogP contribution in [0.5, 0.6) is 0 Å². The monoisotopic (exact) mass is 189 g/mol. The second-order valence-corrected chi connectivity index (χ2v) is 3.48. The molecule has 70 valence electrons. The van der Waals surface area contributed by atoms with Crippen molar-refractivity contribution >= 4 is 23.0 Å². The van der Waals surface area contributed by atoms with E-state index in [0.717, 1.165) is 5.75 Å². The van der Waals surface area contributed by atoms with E-state index in [2.05, 4.69) is 5.32 Å². The lowest BCUT2D eigenvalue weighted by molar-refractivity contribution is 0.216. The minimum absolute atomic E-state index is 0.211. The van der Waals surface area contributed by atoms with Crippen molar-refractivity contribution in [2.45, 2.75) is 13.8 Å². The third-order valence-electron chi connectivity index (χ3n) is 1.33. The van der Waals surface area contributed by atoms with Crippen molar-refractivity contribution < 1.29 is 4.79 Å². The van der Waals surface area contributed by atoms with Crippen molar-refractivity contribution in [2.24, 2.45) is 0 Å². The van der Waals surface area contributed by atoms with Crippen molar-refractivity contribution in [3.05, 3.63) is 0 Å². The summed E-state index contributed by atoms with van der Waals surface area (Å²) in [6, 6.07) is -0.219. The van der Waals surface area contributed by atoms with Crippen LogP contribution in [0.3, 0.4) is 0 Å². The zero-order valence-electron chi connectivity index (χ0n) is 7.68. The molecule has 0 atom stereocenters. The summed E-state index contributed by atoms with van der Waals surface area (Å²) in [6.45, 7) is 4.47. The number of amidine groups is 1. The van der Waals surface area contributed by atoms with Gasteiger partial charge in [0, 0.05) is 13.6 Å². The Bertz CT molecular complexity index is 172. The lowest BCUT2D eigenvalue weighted by atomic mass is 10.6. The van der Waals surface area contributed by atoms with E-state index in [1.54, 1.807) is 7.05 Å². The van der Waals surface area contributed by atoms with E-state index in [0.29, 0.717) is 6.54 Å². The van der Waals surface area contributed by atoms with Crippen molar-refractivity contribution in [1.29, 1.82) is 5.41 Å². The van der Waals surface area contributed by atoms with Gasteiger partial charge >= 0.3 is 6.03 Å². The number of amides is 2. The number of thioether (sulfide) groups is 1. The second-order valence-electron chi connectivity index (χ2n) is 2.21. The number of hydrogen-bond donors (Lipinski definition) is 2. The van der Waals surface area contributed by atoms with Gasteiger partial charge in [-0.3, -0.25) is 10.7 Å². The van der Waals surface area contributed by atoms with E-state index in [1.165, 1.54) is 16.7 Å². The fraction of sp³-hybridized carbons (Fsp3) is 0.714. The third kappa shape index (κ3) is 4.23. The smallest absolute Gasteiger partial charge is 0.323 e. The van der Waals surface area contributed by atoms with Crippen LogP contribution in [0.1, 0.15) is 13.8 Å². The van der Waals surface area contributed by atoms with Crippen LogP contribution in [-0.4, -0.2) is 35.4 Å². The first kappa shape index (κ1) is 11.3. The molecule has 5 heteroatoms. The predicted octanol–water partition coefficient (Wildman–Crippen LogP) is 1.34. The summed E-state index contributed by atoms with van der Waals surface area (Å²) >= 11 is 1.31. The molecule has 0 unspecified atom stereocenters. The maximum atomic E-state index is 11.1. The van der Waals surface area contributed by atoms with Crippen LogP contribution in [0, 0.1) is 5.41 Å². The highest BCUT2D eigenvalue weighted by molar-refractivity contribution is 8.13. The fourth-order valence-electron chi connectivity index (χ4n) is 0.517. The van der Waals surface area contributed by atoms with Crippen LogP contribution in [0.4, 0.5) is 4.79 Å². The normalized spacial score (nSPS) is 9.25. The van der Waals surface area contributed by atoms with Gasteiger partial charge in [0.05, 0.1) is 0 Å². The largest absolute Gasteiger partial charge is 0.328 e. The van der Waals surface area contributed by atoms with Gasteiger partial charge in [-0.25, -0.2) is 4.79 Å². The van der Waals surface area contributed by atoms with E-state index in [9.17, 15) is 4.79 Å². The van der Waals surface area contributed by atoms with E-state index in [4.69, 9.17) is 5.41 Å². The first-order valence-electron chi connectivity index (χ1n) is 3.85. The molecule has 0 fully saturated rings. The first-order valence-corrected chi connectivity index (χ1v) is 4.83. The number of hydrogen-bond acceptors (Lipinski definition) is 3. The summed E-state index contributed by atoms with van der Waals surface area (Å²) < 4.78 is 0. The highest BCUT2D eigenvalue weighted by Crippen LogP contribution is 1.98. The molecule has 0 spiro atoms. The zero-order chi connectivity index (χ0) is 9.56. The van der Waals surface area contributed by atoms with Crippen LogP contribution in [0.15, 0.2) is 0 Å². The maximum Gasteiger partial charge on any atom is 0.323 e. The molecule has 0 aromatic heterocycles. The molecular weight excluding hydrogens is 174 g/mol. The average molecular weight is 189 g/mol. The van der Waals surface area contributed by atoms with Gasteiger partial charge in [0.15, 0.2) is 5.17 Å². The van der Waals surface area contributed by atoms with Crippen LogP contribution in [-0.2, 0) is 0 Å². The summed E-state index contributed by atoms with van der Waals surface area (Å²) in [4.78, 5) is 12.6. The van der Waals surface area contributed by atoms with Gasteiger partial charge in [0.2, 0.25) is 0 Å². The van der Waals surface area contributed by atoms with Crippen LogP contribution in [0.2, 0.25) is 0 Å². The molecule has 2 amide bonds. The van der Waals surface area contributed by atoms with Gasteiger partial charge in [-0.15, -0.1) is 0 Å². The van der Waals surface area contributed by atoms with Crippen molar-refractivity contribution in [3.63, 3.8) is 0 Å². The number of rotatable bonds is 2. The topological polar surface area (TPSA) is 56.2 Å². The second kappa shape index (κ2) is 5.88. The third-order valence-corrected chi connectivity index (χ3v) is 2.01.